The minimum absolute atomic E-state index is 0.0506. The van der Waals surface area contributed by atoms with Gasteiger partial charge in [-0.2, -0.15) is 0 Å². The molecule has 0 amide bonds. The number of hydrogen-bond donors (Lipinski definition) is 1. The lowest BCUT2D eigenvalue weighted by molar-refractivity contribution is -0.0388. The Morgan fingerprint density at radius 2 is 2.07 bits per heavy atom. The summed E-state index contributed by atoms with van der Waals surface area (Å²) in [6, 6.07) is 3.10. The lowest BCUT2D eigenvalue weighted by Gasteiger charge is -2.37. The fourth-order valence-corrected chi connectivity index (χ4v) is 2.42. The molecule has 1 fully saturated rings. The lowest BCUT2D eigenvalue weighted by Crippen LogP contribution is -2.33. The molecule has 1 N–H and O–H groups in total. The molecule has 0 spiro atoms. The summed E-state index contributed by atoms with van der Waals surface area (Å²) in [7, 11) is 0. The van der Waals surface area contributed by atoms with Gasteiger partial charge in [-0.15, -0.1) is 0 Å². The zero-order valence-electron chi connectivity index (χ0n) is 7.36. The molecule has 0 aliphatic heterocycles. The first kappa shape index (κ1) is 10.4. The standard InChI is InChI=1S/C10H9BrClFO/c11-7-4-6(5-8(12)9(7)13)10(14)2-1-3-10/h4-5,14H,1-3H2. The first-order valence-corrected chi connectivity index (χ1v) is 5.57. The fraction of sp³-hybridized carbons (Fsp3) is 0.400. The fourth-order valence-electron chi connectivity index (χ4n) is 1.62. The average Bonchev–Trinajstić information content (AvgIpc) is 2.09. The SMILES string of the molecule is OC1(c2cc(Cl)c(F)c(Br)c2)CCC1. The molecule has 1 aliphatic rings. The Balaban J connectivity index is 2.45. The highest BCUT2D eigenvalue weighted by Crippen LogP contribution is 2.43. The molecule has 1 saturated carbocycles. The van der Waals surface area contributed by atoms with E-state index in [1.807, 2.05) is 0 Å². The molecular formula is C10H9BrClFO. The van der Waals surface area contributed by atoms with Gasteiger partial charge in [0, 0.05) is 0 Å². The molecule has 1 aliphatic carbocycles. The van der Waals surface area contributed by atoms with E-state index in [0.717, 1.165) is 19.3 Å². The Hall–Kier alpha value is -0.120. The predicted molar refractivity (Wildman–Crippen MR) is 56.9 cm³/mol. The maximum Gasteiger partial charge on any atom is 0.155 e. The highest BCUT2D eigenvalue weighted by Gasteiger charge is 2.36. The van der Waals surface area contributed by atoms with Gasteiger partial charge in [-0.1, -0.05) is 11.6 Å². The molecule has 0 unspecified atom stereocenters. The number of halogens is 3. The quantitative estimate of drug-likeness (QED) is 0.779. The molecule has 4 heteroatoms. The van der Waals surface area contributed by atoms with Crippen molar-refractivity contribution in [3.63, 3.8) is 0 Å². The summed E-state index contributed by atoms with van der Waals surface area (Å²) in [6.07, 6.45) is 2.45. The summed E-state index contributed by atoms with van der Waals surface area (Å²) < 4.78 is 13.5. The van der Waals surface area contributed by atoms with E-state index in [2.05, 4.69) is 15.9 Å². The van der Waals surface area contributed by atoms with E-state index in [0.29, 0.717) is 10.0 Å². The van der Waals surface area contributed by atoms with E-state index in [4.69, 9.17) is 11.6 Å². The number of rotatable bonds is 1. The molecule has 0 saturated heterocycles. The molecule has 1 nitrogen and oxygen atoms in total. The van der Waals surface area contributed by atoms with Crippen molar-refractivity contribution in [2.75, 3.05) is 0 Å². The van der Waals surface area contributed by atoms with E-state index < -0.39 is 11.4 Å². The van der Waals surface area contributed by atoms with E-state index >= 15 is 0 Å². The summed E-state index contributed by atoms with van der Waals surface area (Å²) in [6.45, 7) is 0. The Bertz CT molecular complexity index is 353. The topological polar surface area (TPSA) is 20.2 Å². The van der Waals surface area contributed by atoms with Gasteiger partial charge in [-0.25, -0.2) is 4.39 Å². The van der Waals surface area contributed by atoms with Crippen molar-refractivity contribution in [2.24, 2.45) is 0 Å². The van der Waals surface area contributed by atoms with Crippen LogP contribution >= 0.6 is 27.5 Å². The summed E-state index contributed by atoms with van der Waals surface area (Å²) >= 11 is 8.76. The van der Waals surface area contributed by atoms with Crippen LogP contribution in [0.5, 0.6) is 0 Å². The molecule has 14 heavy (non-hydrogen) atoms. The highest BCUT2D eigenvalue weighted by atomic mass is 79.9. The van der Waals surface area contributed by atoms with Gasteiger partial charge in [0.1, 0.15) is 0 Å². The van der Waals surface area contributed by atoms with Gasteiger partial charge in [0.2, 0.25) is 0 Å². The molecule has 0 atom stereocenters. The van der Waals surface area contributed by atoms with Crippen molar-refractivity contribution in [1.29, 1.82) is 0 Å². The van der Waals surface area contributed by atoms with Crippen LogP contribution in [0.25, 0.3) is 0 Å². The van der Waals surface area contributed by atoms with Crippen molar-refractivity contribution in [3.8, 4) is 0 Å². The Morgan fingerprint density at radius 3 is 2.50 bits per heavy atom. The summed E-state index contributed by atoms with van der Waals surface area (Å²) in [5.41, 5.74) is -0.0955. The zero-order chi connectivity index (χ0) is 10.3. The average molecular weight is 280 g/mol. The molecule has 0 radical (unpaired) electrons. The molecule has 0 bridgehead atoms. The molecule has 76 valence electrons. The van der Waals surface area contributed by atoms with Gasteiger partial charge < -0.3 is 5.11 Å². The molecule has 0 aromatic heterocycles. The predicted octanol–water partition coefficient (Wildman–Crippen LogP) is 3.61. The van der Waals surface area contributed by atoms with Crippen molar-refractivity contribution in [3.05, 3.63) is 33.0 Å². The van der Waals surface area contributed by atoms with Crippen molar-refractivity contribution in [2.45, 2.75) is 24.9 Å². The van der Waals surface area contributed by atoms with Gasteiger partial charge in [-0.3, -0.25) is 0 Å². The molecule has 0 heterocycles. The highest BCUT2D eigenvalue weighted by molar-refractivity contribution is 9.10. The smallest absolute Gasteiger partial charge is 0.155 e. The Labute approximate surface area is 95.0 Å². The van der Waals surface area contributed by atoms with Gasteiger partial charge in [0.05, 0.1) is 15.1 Å². The van der Waals surface area contributed by atoms with Gasteiger partial charge >= 0.3 is 0 Å². The van der Waals surface area contributed by atoms with Gasteiger partial charge in [-0.05, 0) is 52.9 Å². The zero-order valence-corrected chi connectivity index (χ0v) is 9.70. The van der Waals surface area contributed by atoms with E-state index in [1.54, 1.807) is 6.07 Å². The van der Waals surface area contributed by atoms with Crippen LogP contribution in [-0.2, 0) is 5.60 Å². The van der Waals surface area contributed by atoms with Crippen LogP contribution in [0.1, 0.15) is 24.8 Å². The molecule has 2 rings (SSSR count). The molecular weight excluding hydrogens is 270 g/mol. The second kappa shape index (κ2) is 3.47. The number of benzene rings is 1. The lowest BCUT2D eigenvalue weighted by atomic mass is 9.75. The largest absolute Gasteiger partial charge is 0.385 e. The summed E-state index contributed by atoms with van der Waals surface area (Å²) in [5, 5.41) is 10.1. The van der Waals surface area contributed by atoms with Crippen molar-refractivity contribution >= 4 is 27.5 Å². The maximum absolute atomic E-state index is 13.2. The van der Waals surface area contributed by atoms with Crippen molar-refractivity contribution < 1.29 is 9.50 Å². The van der Waals surface area contributed by atoms with Crippen LogP contribution in [0, 0.1) is 5.82 Å². The normalized spacial score (nSPS) is 19.1. The van der Waals surface area contributed by atoms with E-state index in [-0.39, 0.29) is 5.02 Å². The third-order valence-electron chi connectivity index (χ3n) is 2.70. The van der Waals surface area contributed by atoms with E-state index in [1.165, 1.54) is 6.07 Å². The van der Waals surface area contributed by atoms with Gasteiger partial charge in [0.15, 0.2) is 5.82 Å². The molecule has 1 aromatic carbocycles. The van der Waals surface area contributed by atoms with Crippen molar-refractivity contribution in [1.82, 2.24) is 0 Å². The number of aliphatic hydroxyl groups is 1. The minimum atomic E-state index is -0.792. The van der Waals surface area contributed by atoms with Crippen LogP contribution in [0.3, 0.4) is 0 Å². The summed E-state index contributed by atoms with van der Waals surface area (Å²) in [5.74, 6) is -0.474. The first-order chi connectivity index (χ1) is 6.53. The van der Waals surface area contributed by atoms with E-state index in [9.17, 15) is 9.50 Å². The Kier molecular flexibility index (Phi) is 2.58. The second-order valence-corrected chi connectivity index (χ2v) is 4.90. The van der Waals surface area contributed by atoms with Crippen LogP contribution in [-0.4, -0.2) is 5.11 Å². The maximum atomic E-state index is 13.2. The summed E-state index contributed by atoms with van der Waals surface area (Å²) in [4.78, 5) is 0. The molecule has 1 aromatic rings. The van der Waals surface area contributed by atoms with Crippen LogP contribution in [0.4, 0.5) is 4.39 Å². The number of hydrogen-bond acceptors (Lipinski definition) is 1. The first-order valence-electron chi connectivity index (χ1n) is 4.40. The third-order valence-corrected chi connectivity index (χ3v) is 3.55. The minimum Gasteiger partial charge on any atom is -0.385 e. The van der Waals surface area contributed by atoms with Crippen LogP contribution in [0.2, 0.25) is 5.02 Å². The second-order valence-electron chi connectivity index (χ2n) is 3.64. The van der Waals surface area contributed by atoms with Gasteiger partial charge in [0.25, 0.3) is 0 Å². The third kappa shape index (κ3) is 1.58. The Morgan fingerprint density at radius 1 is 1.43 bits per heavy atom. The monoisotopic (exact) mass is 278 g/mol. The van der Waals surface area contributed by atoms with Crippen LogP contribution in [0.15, 0.2) is 16.6 Å². The van der Waals surface area contributed by atoms with Crippen LogP contribution < -0.4 is 0 Å².